The van der Waals surface area contributed by atoms with E-state index in [-0.39, 0.29) is 17.2 Å². The second-order valence-corrected chi connectivity index (χ2v) is 6.13. The summed E-state index contributed by atoms with van der Waals surface area (Å²) in [6, 6.07) is 3.55. The van der Waals surface area contributed by atoms with Gasteiger partial charge in [0.05, 0.1) is 0 Å². The second kappa shape index (κ2) is 5.10. The molecule has 1 aliphatic carbocycles. The SMILES string of the molecule is CC(N)C1(C)CCCCCc2c(Cl)cc(O)cc21. The second-order valence-electron chi connectivity index (χ2n) is 5.72. The molecule has 3 heteroatoms. The molecule has 0 aromatic heterocycles. The smallest absolute Gasteiger partial charge is 0.117 e. The molecule has 3 N–H and O–H groups in total. The maximum absolute atomic E-state index is 9.82. The van der Waals surface area contributed by atoms with Crippen LogP contribution in [0.15, 0.2) is 12.1 Å². The average Bonchev–Trinajstić information content (AvgIpc) is 2.27. The minimum Gasteiger partial charge on any atom is -0.508 e. The summed E-state index contributed by atoms with van der Waals surface area (Å²) in [6.07, 6.45) is 5.60. The molecule has 0 aliphatic heterocycles. The monoisotopic (exact) mass is 267 g/mol. The van der Waals surface area contributed by atoms with Gasteiger partial charge in [-0.05, 0) is 49.4 Å². The number of rotatable bonds is 1. The molecule has 2 nitrogen and oxygen atoms in total. The molecular formula is C15H22ClNO. The van der Waals surface area contributed by atoms with Gasteiger partial charge in [0, 0.05) is 16.5 Å². The lowest BCUT2D eigenvalue weighted by atomic mass is 9.69. The van der Waals surface area contributed by atoms with Crippen LogP contribution in [0.1, 0.15) is 50.7 Å². The molecule has 100 valence electrons. The number of benzene rings is 1. The first-order chi connectivity index (χ1) is 8.45. The first kappa shape index (κ1) is 13.7. The van der Waals surface area contributed by atoms with Crippen molar-refractivity contribution in [2.24, 2.45) is 5.73 Å². The van der Waals surface area contributed by atoms with E-state index in [1.807, 2.05) is 13.0 Å². The van der Waals surface area contributed by atoms with Gasteiger partial charge in [-0.1, -0.05) is 31.4 Å². The molecule has 0 amide bonds. The topological polar surface area (TPSA) is 46.2 Å². The van der Waals surface area contributed by atoms with Gasteiger partial charge < -0.3 is 10.8 Å². The highest BCUT2D eigenvalue weighted by Gasteiger charge is 2.34. The zero-order valence-electron chi connectivity index (χ0n) is 11.2. The van der Waals surface area contributed by atoms with Gasteiger partial charge in [-0.15, -0.1) is 0 Å². The molecular weight excluding hydrogens is 246 g/mol. The number of nitrogens with two attached hydrogens (primary N) is 1. The van der Waals surface area contributed by atoms with Gasteiger partial charge in [0.25, 0.3) is 0 Å². The minimum absolute atomic E-state index is 0.0483. The molecule has 0 spiro atoms. The summed E-state index contributed by atoms with van der Waals surface area (Å²) in [5.41, 5.74) is 8.43. The van der Waals surface area contributed by atoms with Crippen LogP contribution >= 0.6 is 11.6 Å². The third kappa shape index (κ3) is 2.36. The van der Waals surface area contributed by atoms with E-state index in [1.54, 1.807) is 6.07 Å². The highest BCUT2D eigenvalue weighted by atomic mass is 35.5. The standard InChI is InChI=1S/C15H22ClNO/c1-10(17)15(2)7-5-3-4-6-12-13(15)8-11(18)9-14(12)16/h8-10,18H,3-7,17H2,1-2H3. The van der Waals surface area contributed by atoms with Gasteiger partial charge in [-0.2, -0.15) is 0 Å². The van der Waals surface area contributed by atoms with Gasteiger partial charge in [0.2, 0.25) is 0 Å². The Labute approximate surface area is 114 Å². The summed E-state index contributed by atoms with van der Waals surface area (Å²) in [6.45, 7) is 4.24. The van der Waals surface area contributed by atoms with Crippen LogP contribution in [0.3, 0.4) is 0 Å². The number of hydrogen-bond acceptors (Lipinski definition) is 2. The maximum Gasteiger partial charge on any atom is 0.117 e. The Hall–Kier alpha value is -0.730. The fraction of sp³-hybridized carbons (Fsp3) is 0.600. The third-order valence-corrected chi connectivity index (χ3v) is 4.76. The molecule has 0 saturated carbocycles. The lowest BCUT2D eigenvalue weighted by Crippen LogP contribution is -2.42. The van der Waals surface area contributed by atoms with Crippen LogP contribution in [0.4, 0.5) is 0 Å². The number of aromatic hydroxyl groups is 1. The third-order valence-electron chi connectivity index (χ3n) is 4.42. The molecule has 0 heterocycles. The van der Waals surface area contributed by atoms with E-state index >= 15 is 0 Å². The minimum atomic E-state index is -0.0991. The van der Waals surface area contributed by atoms with E-state index in [1.165, 1.54) is 18.4 Å². The zero-order valence-corrected chi connectivity index (χ0v) is 11.9. The van der Waals surface area contributed by atoms with Crippen molar-refractivity contribution >= 4 is 11.6 Å². The van der Waals surface area contributed by atoms with E-state index in [0.29, 0.717) is 5.02 Å². The van der Waals surface area contributed by atoms with Crippen LogP contribution in [0.5, 0.6) is 5.75 Å². The number of halogens is 1. The van der Waals surface area contributed by atoms with Crippen molar-refractivity contribution in [3.05, 3.63) is 28.3 Å². The average molecular weight is 268 g/mol. The Balaban J connectivity index is 2.61. The molecule has 2 rings (SSSR count). The van der Waals surface area contributed by atoms with Crippen molar-refractivity contribution in [1.29, 1.82) is 0 Å². The summed E-state index contributed by atoms with van der Waals surface area (Å²) in [5, 5.41) is 10.5. The molecule has 2 atom stereocenters. The Morgan fingerprint density at radius 1 is 1.33 bits per heavy atom. The first-order valence-corrected chi connectivity index (χ1v) is 7.10. The molecule has 18 heavy (non-hydrogen) atoms. The Morgan fingerprint density at radius 2 is 2.06 bits per heavy atom. The molecule has 0 saturated heterocycles. The summed E-state index contributed by atoms with van der Waals surface area (Å²) in [4.78, 5) is 0. The van der Waals surface area contributed by atoms with Gasteiger partial charge in [0.1, 0.15) is 5.75 Å². The van der Waals surface area contributed by atoms with Crippen molar-refractivity contribution in [3.8, 4) is 5.75 Å². The number of phenolic OH excluding ortho intramolecular Hbond substituents is 1. The lowest BCUT2D eigenvalue weighted by Gasteiger charge is -2.37. The normalized spacial score (nSPS) is 26.0. The molecule has 0 radical (unpaired) electrons. The lowest BCUT2D eigenvalue weighted by molar-refractivity contribution is 0.338. The molecule has 1 aromatic rings. The van der Waals surface area contributed by atoms with E-state index < -0.39 is 0 Å². The van der Waals surface area contributed by atoms with Gasteiger partial charge >= 0.3 is 0 Å². The maximum atomic E-state index is 9.82. The van der Waals surface area contributed by atoms with Gasteiger partial charge in [-0.3, -0.25) is 0 Å². The van der Waals surface area contributed by atoms with Crippen molar-refractivity contribution in [2.45, 2.75) is 57.4 Å². The summed E-state index contributed by atoms with van der Waals surface area (Å²) >= 11 is 6.30. The predicted molar refractivity (Wildman–Crippen MR) is 76.3 cm³/mol. The number of phenols is 1. The quantitative estimate of drug-likeness (QED) is 0.814. The summed E-state index contributed by atoms with van der Waals surface area (Å²) in [7, 11) is 0. The Morgan fingerprint density at radius 3 is 2.72 bits per heavy atom. The van der Waals surface area contributed by atoms with Crippen molar-refractivity contribution in [1.82, 2.24) is 0 Å². The molecule has 2 unspecified atom stereocenters. The Bertz CT molecular complexity index is 444. The van der Waals surface area contributed by atoms with Gasteiger partial charge in [-0.25, -0.2) is 0 Å². The van der Waals surface area contributed by atoms with E-state index in [9.17, 15) is 5.11 Å². The van der Waals surface area contributed by atoms with Crippen LogP contribution in [0.2, 0.25) is 5.02 Å². The number of fused-ring (bicyclic) bond motifs is 1. The molecule has 0 bridgehead atoms. The highest BCUT2D eigenvalue weighted by molar-refractivity contribution is 6.31. The fourth-order valence-corrected chi connectivity index (χ4v) is 3.27. The van der Waals surface area contributed by atoms with E-state index in [0.717, 1.165) is 24.8 Å². The van der Waals surface area contributed by atoms with Crippen LogP contribution in [0, 0.1) is 0 Å². The van der Waals surface area contributed by atoms with Crippen LogP contribution in [-0.2, 0) is 11.8 Å². The molecule has 1 aromatic carbocycles. The van der Waals surface area contributed by atoms with Gasteiger partial charge in [0.15, 0.2) is 0 Å². The van der Waals surface area contributed by atoms with Crippen molar-refractivity contribution < 1.29 is 5.11 Å². The van der Waals surface area contributed by atoms with E-state index in [4.69, 9.17) is 17.3 Å². The van der Waals surface area contributed by atoms with Crippen molar-refractivity contribution in [2.75, 3.05) is 0 Å². The van der Waals surface area contributed by atoms with E-state index in [2.05, 4.69) is 6.92 Å². The molecule has 1 aliphatic rings. The van der Waals surface area contributed by atoms with Crippen molar-refractivity contribution in [3.63, 3.8) is 0 Å². The summed E-state index contributed by atoms with van der Waals surface area (Å²) < 4.78 is 0. The fourth-order valence-electron chi connectivity index (χ4n) is 2.96. The zero-order chi connectivity index (χ0) is 13.3. The Kier molecular flexibility index (Phi) is 3.88. The number of hydrogen-bond donors (Lipinski definition) is 2. The highest BCUT2D eigenvalue weighted by Crippen LogP contribution is 2.41. The predicted octanol–water partition coefficient (Wildman–Crippen LogP) is 3.77. The van der Waals surface area contributed by atoms with Crippen LogP contribution < -0.4 is 5.73 Å². The first-order valence-electron chi connectivity index (χ1n) is 6.72. The van der Waals surface area contributed by atoms with Crippen LogP contribution in [-0.4, -0.2) is 11.1 Å². The summed E-state index contributed by atoms with van der Waals surface area (Å²) in [5.74, 6) is 0.242. The molecule has 0 fully saturated rings. The largest absolute Gasteiger partial charge is 0.508 e. The van der Waals surface area contributed by atoms with Crippen LogP contribution in [0.25, 0.3) is 0 Å².